The molecule has 1 fully saturated rings. The SMILES string of the molecule is CC1CCC(CN)CN1C(=O)CCc1ncc(-c2ccccc2F)o1. The summed E-state index contributed by atoms with van der Waals surface area (Å²) in [6, 6.07) is 6.65. The van der Waals surface area contributed by atoms with Crippen LogP contribution in [0, 0.1) is 11.7 Å². The molecule has 1 aromatic carbocycles. The number of aryl methyl sites for hydroxylation is 1. The molecule has 0 saturated carbocycles. The van der Waals surface area contributed by atoms with E-state index in [1.54, 1.807) is 18.2 Å². The lowest BCUT2D eigenvalue weighted by molar-refractivity contribution is -0.135. The number of rotatable bonds is 5. The zero-order chi connectivity index (χ0) is 17.8. The minimum absolute atomic E-state index is 0.0938. The molecule has 2 aromatic rings. The molecule has 6 heteroatoms. The van der Waals surface area contributed by atoms with Crippen LogP contribution in [0.3, 0.4) is 0 Å². The Morgan fingerprint density at radius 1 is 1.40 bits per heavy atom. The number of aromatic nitrogens is 1. The summed E-state index contributed by atoms with van der Waals surface area (Å²) in [5.74, 6) is 0.962. The van der Waals surface area contributed by atoms with Gasteiger partial charge in [-0.1, -0.05) is 12.1 Å². The Labute approximate surface area is 147 Å². The predicted molar refractivity (Wildman–Crippen MR) is 93.2 cm³/mol. The van der Waals surface area contributed by atoms with Gasteiger partial charge in [-0.25, -0.2) is 9.37 Å². The Balaban J connectivity index is 1.60. The van der Waals surface area contributed by atoms with E-state index in [1.807, 2.05) is 4.90 Å². The summed E-state index contributed by atoms with van der Waals surface area (Å²) in [6.07, 6.45) is 4.31. The molecule has 2 atom stereocenters. The fraction of sp³-hybridized carbons (Fsp3) is 0.474. The van der Waals surface area contributed by atoms with Crippen molar-refractivity contribution >= 4 is 5.91 Å². The highest BCUT2D eigenvalue weighted by molar-refractivity contribution is 5.76. The second-order valence-electron chi connectivity index (χ2n) is 6.67. The number of amides is 1. The van der Waals surface area contributed by atoms with Crippen LogP contribution in [0.15, 0.2) is 34.9 Å². The van der Waals surface area contributed by atoms with E-state index in [0.29, 0.717) is 42.5 Å². The summed E-state index contributed by atoms with van der Waals surface area (Å²) in [6.45, 7) is 3.41. The van der Waals surface area contributed by atoms with E-state index in [9.17, 15) is 9.18 Å². The van der Waals surface area contributed by atoms with Crippen molar-refractivity contribution in [3.05, 3.63) is 42.2 Å². The Morgan fingerprint density at radius 3 is 2.96 bits per heavy atom. The highest BCUT2D eigenvalue weighted by Crippen LogP contribution is 2.25. The molecular formula is C19H24FN3O2. The topological polar surface area (TPSA) is 72.4 Å². The average molecular weight is 345 g/mol. The molecule has 25 heavy (non-hydrogen) atoms. The largest absolute Gasteiger partial charge is 0.441 e. The number of piperidine rings is 1. The number of benzene rings is 1. The molecule has 2 N–H and O–H groups in total. The van der Waals surface area contributed by atoms with Gasteiger partial charge >= 0.3 is 0 Å². The molecule has 1 aliphatic rings. The van der Waals surface area contributed by atoms with E-state index in [2.05, 4.69) is 11.9 Å². The van der Waals surface area contributed by atoms with Crippen molar-refractivity contribution in [2.75, 3.05) is 13.1 Å². The van der Waals surface area contributed by atoms with Gasteiger partial charge in [0.2, 0.25) is 5.91 Å². The summed E-state index contributed by atoms with van der Waals surface area (Å²) in [7, 11) is 0. The molecule has 0 bridgehead atoms. The Hall–Kier alpha value is -2.21. The second kappa shape index (κ2) is 7.78. The first-order chi connectivity index (χ1) is 12.1. The standard InChI is InChI=1S/C19H24FN3O2/c1-13-6-7-14(10-21)12-23(13)19(24)9-8-18-22-11-17(25-18)15-4-2-3-5-16(15)20/h2-5,11,13-14H,6-10,12,21H2,1H3. The molecule has 0 radical (unpaired) electrons. The van der Waals surface area contributed by atoms with Crippen LogP contribution in [0.25, 0.3) is 11.3 Å². The van der Waals surface area contributed by atoms with Gasteiger partial charge in [0.15, 0.2) is 11.7 Å². The zero-order valence-electron chi connectivity index (χ0n) is 14.5. The fourth-order valence-electron chi connectivity index (χ4n) is 3.29. The number of likely N-dealkylation sites (tertiary alicyclic amines) is 1. The zero-order valence-corrected chi connectivity index (χ0v) is 14.5. The second-order valence-corrected chi connectivity index (χ2v) is 6.67. The number of nitrogens with two attached hydrogens (primary N) is 1. The van der Waals surface area contributed by atoms with Gasteiger partial charge in [0, 0.05) is 25.4 Å². The maximum Gasteiger partial charge on any atom is 0.223 e. The van der Waals surface area contributed by atoms with Crippen molar-refractivity contribution in [2.24, 2.45) is 11.7 Å². The maximum absolute atomic E-state index is 13.8. The normalized spacial score (nSPS) is 20.7. The average Bonchev–Trinajstić information content (AvgIpc) is 3.09. The van der Waals surface area contributed by atoms with E-state index in [1.165, 1.54) is 12.3 Å². The Bertz CT molecular complexity index is 731. The van der Waals surface area contributed by atoms with Crippen molar-refractivity contribution < 1.29 is 13.6 Å². The van der Waals surface area contributed by atoms with Gasteiger partial charge in [0.05, 0.1) is 11.8 Å². The van der Waals surface area contributed by atoms with Crippen molar-refractivity contribution in [3.8, 4) is 11.3 Å². The molecule has 5 nitrogen and oxygen atoms in total. The van der Waals surface area contributed by atoms with E-state index >= 15 is 0 Å². The van der Waals surface area contributed by atoms with E-state index in [0.717, 1.165) is 19.4 Å². The van der Waals surface area contributed by atoms with Crippen LogP contribution >= 0.6 is 0 Å². The lowest BCUT2D eigenvalue weighted by Crippen LogP contribution is -2.47. The van der Waals surface area contributed by atoms with Gasteiger partial charge in [-0.3, -0.25) is 4.79 Å². The maximum atomic E-state index is 13.8. The molecular weight excluding hydrogens is 321 g/mol. The van der Waals surface area contributed by atoms with Crippen LogP contribution in [0.1, 0.15) is 32.1 Å². The quantitative estimate of drug-likeness (QED) is 0.904. The van der Waals surface area contributed by atoms with Crippen molar-refractivity contribution in [2.45, 2.75) is 38.6 Å². The molecule has 2 heterocycles. The van der Waals surface area contributed by atoms with Crippen LogP contribution in [-0.4, -0.2) is 34.9 Å². The predicted octanol–water partition coefficient (Wildman–Crippen LogP) is 3.00. The fourth-order valence-corrected chi connectivity index (χ4v) is 3.29. The molecule has 2 unspecified atom stereocenters. The third kappa shape index (κ3) is 4.07. The molecule has 1 amide bonds. The smallest absolute Gasteiger partial charge is 0.223 e. The van der Waals surface area contributed by atoms with Crippen LogP contribution < -0.4 is 5.73 Å². The van der Waals surface area contributed by atoms with Crippen LogP contribution in [-0.2, 0) is 11.2 Å². The monoisotopic (exact) mass is 345 g/mol. The van der Waals surface area contributed by atoms with Crippen LogP contribution in [0.5, 0.6) is 0 Å². The van der Waals surface area contributed by atoms with Crippen molar-refractivity contribution in [1.82, 2.24) is 9.88 Å². The van der Waals surface area contributed by atoms with Crippen molar-refractivity contribution in [1.29, 1.82) is 0 Å². The van der Waals surface area contributed by atoms with Gasteiger partial charge in [-0.2, -0.15) is 0 Å². The summed E-state index contributed by atoms with van der Waals surface area (Å²) >= 11 is 0. The highest BCUT2D eigenvalue weighted by Gasteiger charge is 2.28. The number of halogens is 1. The molecule has 1 aromatic heterocycles. The minimum Gasteiger partial charge on any atom is -0.441 e. The number of nitrogens with zero attached hydrogens (tertiary/aromatic N) is 2. The first-order valence-electron chi connectivity index (χ1n) is 8.77. The minimum atomic E-state index is -0.351. The van der Waals surface area contributed by atoms with Gasteiger partial charge in [-0.05, 0) is 44.4 Å². The molecule has 134 valence electrons. The van der Waals surface area contributed by atoms with Gasteiger partial charge < -0.3 is 15.1 Å². The molecule has 1 saturated heterocycles. The molecule has 1 aliphatic heterocycles. The van der Waals surface area contributed by atoms with Gasteiger partial charge in [-0.15, -0.1) is 0 Å². The lowest BCUT2D eigenvalue weighted by Gasteiger charge is -2.37. The third-order valence-corrected chi connectivity index (χ3v) is 4.88. The van der Waals surface area contributed by atoms with Gasteiger partial charge in [0.1, 0.15) is 5.82 Å². The number of carbonyl (C=O) groups is 1. The molecule has 0 spiro atoms. The number of hydrogen-bond acceptors (Lipinski definition) is 4. The summed E-state index contributed by atoms with van der Waals surface area (Å²) in [5, 5.41) is 0. The lowest BCUT2D eigenvalue weighted by atomic mass is 9.93. The summed E-state index contributed by atoms with van der Waals surface area (Å²) < 4.78 is 19.4. The third-order valence-electron chi connectivity index (χ3n) is 4.88. The number of carbonyl (C=O) groups excluding carboxylic acids is 1. The first-order valence-corrected chi connectivity index (χ1v) is 8.77. The van der Waals surface area contributed by atoms with Crippen molar-refractivity contribution in [3.63, 3.8) is 0 Å². The first kappa shape index (κ1) is 17.6. The van der Waals surface area contributed by atoms with E-state index in [-0.39, 0.29) is 17.8 Å². The number of oxazole rings is 1. The summed E-state index contributed by atoms with van der Waals surface area (Å²) in [5.41, 5.74) is 6.13. The summed E-state index contributed by atoms with van der Waals surface area (Å²) in [4.78, 5) is 18.6. The highest BCUT2D eigenvalue weighted by atomic mass is 19.1. The van der Waals surface area contributed by atoms with E-state index < -0.39 is 0 Å². The number of hydrogen-bond donors (Lipinski definition) is 1. The van der Waals surface area contributed by atoms with Gasteiger partial charge in [0.25, 0.3) is 0 Å². The van der Waals surface area contributed by atoms with Crippen LogP contribution in [0.4, 0.5) is 4.39 Å². The molecule has 0 aliphatic carbocycles. The Kier molecular flexibility index (Phi) is 5.48. The van der Waals surface area contributed by atoms with Crippen LogP contribution in [0.2, 0.25) is 0 Å². The molecule has 3 rings (SSSR count). The van der Waals surface area contributed by atoms with E-state index in [4.69, 9.17) is 10.2 Å². The Morgan fingerprint density at radius 2 is 2.20 bits per heavy atom.